The van der Waals surface area contributed by atoms with Gasteiger partial charge >= 0.3 is 7.12 Å². The van der Waals surface area contributed by atoms with Crippen LogP contribution in [0.3, 0.4) is 0 Å². The summed E-state index contributed by atoms with van der Waals surface area (Å²) in [5.41, 5.74) is 9.50. The fourth-order valence-corrected chi connectivity index (χ4v) is 13.4. The maximum Gasteiger partial charge on any atom is 0.496 e. The maximum absolute atomic E-state index is 13.8. The van der Waals surface area contributed by atoms with E-state index in [0.717, 1.165) is 29.4 Å². The SMILES string of the molecule is Cn1cc(-c2cccc(N3CCNc4cc(C5CC5)ccc4C3=O)c2C=O)cc(Nc2ccc(C(=O)N3CCOCC3)cn2)c1=O.Cn1cc(B2OC(C)(C)C(C)(C)O2)cc(Nc2ccc(C(=O)N3CCOCC3)cn2)c1=O.O=Cc1c(Br)cccc1N1CCNc2cc(C3CC3)ccc2C1=O. The van der Waals surface area contributed by atoms with Crippen molar-refractivity contribution in [2.75, 3.05) is 110 Å². The lowest BCUT2D eigenvalue weighted by Gasteiger charge is -2.32. The molecule has 0 atom stereocenters. The number of nitrogens with zero attached hydrogens (tertiary/aromatic N) is 8. The predicted octanol–water partition coefficient (Wildman–Crippen LogP) is 9.93. The van der Waals surface area contributed by atoms with Crippen LogP contribution in [0.2, 0.25) is 0 Å². The number of aryl methyl sites for hydroxylation is 2. The number of carbonyl (C=O) groups is 6. The van der Waals surface area contributed by atoms with Crippen LogP contribution in [0, 0.1) is 0 Å². The second-order valence-electron chi connectivity index (χ2n) is 27.2. The van der Waals surface area contributed by atoms with Crippen molar-refractivity contribution in [1.82, 2.24) is 28.9 Å². The largest absolute Gasteiger partial charge is 0.496 e. The molecular weight excluding hydrogens is 1360 g/mol. The zero-order valence-electron chi connectivity index (χ0n) is 57.8. The van der Waals surface area contributed by atoms with Crippen molar-refractivity contribution in [3.05, 3.63) is 204 Å². The Bertz CT molecular complexity index is 4660. The molecule has 0 spiro atoms. The van der Waals surface area contributed by atoms with Crippen LogP contribution in [0.4, 0.5) is 45.8 Å². The molecule has 2 aliphatic carbocycles. The Balaban J connectivity index is 0.000000145. The highest BCUT2D eigenvalue weighted by molar-refractivity contribution is 9.10. The number of aldehydes is 2. The van der Waals surface area contributed by atoms with Crippen molar-refractivity contribution < 1.29 is 47.5 Å². The fraction of sp³-hybridized carbons (Fsp3) is 0.342. The van der Waals surface area contributed by atoms with Gasteiger partial charge in [-0.15, -0.1) is 0 Å². The summed E-state index contributed by atoms with van der Waals surface area (Å²) in [6.45, 7) is 14.3. The molecule has 7 aliphatic rings. The number of hydrogen-bond donors (Lipinski definition) is 4. The van der Waals surface area contributed by atoms with Crippen LogP contribution >= 0.6 is 15.9 Å². The van der Waals surface area contributed by atoms with Gasteiger partial charge in [-0.05, 0) is 177 Å². The predicted molar refractivity (Wildman–Crippen MR) is 395 cm³/mol. The molecule has 102 heavy (non-hydrogen) atoms. The molecule has 4 N–H and O–H groups in total. The van der Waals surface area contributed by atoms with Crippen LogP contribution in [0.1, 0.15) is 138 Å². The molecule has 8 aromatic rings. The Labute approximate surface area is 599 Å². The van der Waals surface area contributed by atoms with Crippen molar-refractivity contribution in [2.45, 2.75) is 76.4 Å². The molecule has 5 fully saturated rings. The van der Waals surface area contributed by atoms with E-state index in [9.17, 15) is 38.4 Å². The van der Waals surface area contributed by atoms with E-state index < -0.39 is 18.3 Å². The van der Waals surface area contributed by atoms with Gasteiger partial charge in [0, 0.05) is 124 Å². The number of aromatic nitrogens is 4. The summed E-state index contributed by atoms with van der Waals surface area (Å²) in [5.74, 6) is 1.64. The number of hydrogen-bond acceptors (Lipinski definition) is 18. The van der Waals surface area contributed by atoms with Gasteiger partial charge in [0.15, 0.2) is 12.6 Å². The third-order valence-electron chi connectivity index (χ3n) is 19.7. The highest BCUT2D eigenvalue weighted by atomic mass is 79.9. The van der Waals surface area contributed by atoms with Crippen LogP contribution < -0.4 is 47.6 Å². The molecule has 15 rings (SSSR count). The Morgan fingerprint density at radius 2 is 1.02 bits per heavy atom. The lowest BCUT2D eigenvalue weighted by molar-refractivity contribution is 0.00578. The topological polar surface area (TPSA) is 270 Å². The van der Waals surface area contributed by atoms with E-state index in [1.165, 1.54) is 58.3 Å². The lowest BCUT2D eigenvalue weighted by Crippen LogP contribution is -2.41. The molecule has 9 heterocycles. The first-order chi connectivity index (χ1) is 49.2. The van der Waals surface area contributed by atoms with Gasteiger partial charge in [0.05, 0.1) is 76.8 Å². The number of benzene rings is 4. The fourth-order valence-electron chi connectivity index (χ4n) is 13.0. The second-order valence-corrected chi connectivity index (χ2v) is 28.1. The van der Waals surface area contributed by atoms with Gasteiger partial charge in [-0.1, -0.05) is 30.3 Å². The highest BCUT2D eigenvalue weighted by Crippen LogP contribution is 2.44. The summed E-state index contributed by atoms with van der Waals surface area (Å²) in [4.78, 5) is 118. The van der Waals surface area contributed by atoms with E-state index in [4.69, 9.17) is 18.8 Å². The van der Waals surface area contributed by atoms with Crippen LogP contribution in [-0.2, 0) is 32.9 Å². The number of anilines is 8. The first-order valence-electron chi connectivity index (χ1n) is 34.4. The summed E-state index contributed by atoms with van der Waals surface area (Å²) >= 11 is 3.39. The van der Waals surface area contributed by atoms with E-state index in [-0.39, 0.29) is 40.4 Å². The molecule has 5 aliphatic heterocycles. The molecule has 4 aromatic heterocycles. The summed E-state index contributed by atoms with van der Waals surface area (Å²) in [5, 5.41) is 12.9. The minimum atomic E-state index is -0.589. The van der Waals surface area contributed by atoms with E-state index in [2.05, 4.69) is 65.4 Å². The molecular formula is C76H80BBrN12O12. The van der Waals surface area contributed by atoms with E-state index in [0.29, 0.717) is 168 Å². The minimum absolute atomic E-state index is 0.0708. The molecule has 4 aromatic carbocycles. The smallest absolute Gasteiger partial charge is 0.399 e. The molecule has 2 saturated carbocycles. The normalized spacial score (nSPS) is 17.6. The quantitative estimate of drug-likeness (QED) is 0.0582. The summed E-state index contributed by atoms with van der Waals surface area (Å²) in [6, 6.07) is 33.0. The molecule has 0 unspecified atom stereocenters. The van der Waals surface area contributed by atoms with Crippen LogP contribution in [0.5, 0.6) is 0 Å². The first-order valence-corrected chi connectivity index (χ1v) is 35.2. The number of nitrogens with one attached hydrogen (secondary N) is 4. The van der Waals surface area contributed by atoms with Crippen molar-refractivity contribution >= 4 is 110 Å². The van der Waals surface area contributed by atoms with Gasteiger partial charge in [0.1, 0.15) is 23.0 Å². The average Bonchev–Trinajstić information content (AvgIpc) is 1.64. The summed E-state index contributed by atoms with van der Waals surface area (Å²) in [6.07, 6.45) is 12.8. The van der Waals surface area contributed by atoms with Gasteiger partial charge in [-0.25, -0.2) is 9.97 Å². The van der Waals surface area contributed by atoms with Gasteiger partial charge in [0.25, 0.3) is 34.7 Å². The standard InChI is InChI=1S/C35H34N6O5.C22H29BN4O5.C19H17BrN2O2/c1-39-20-25(18-30(35(39)45)38-32-10-8-24(19-37-32)33(43)40-13-15-46-16-14-40)26-3-2-4-31(28(26)21-42)41-12-11-36-29-17-23(22-5-6-22)7-9-27(29)34(41)44;1-21(2)22(3,4)32-23(31-21)16-12-17(20(29)26(5)14-16)25-18-7-6-15(13-24-18)19(28)27-8-10-30-11-9-27;20-16-2-1-3-18(15(16)11-23)22-9-8-21-17-10-13(12-4-5-12)6-7-14(17)19(22)24/h2-4,7-10,17-22,36H,5-6,11-16H2,1H3,(H,37,38);6-7,12-14H,8-11H2,1-5H3,(H,24,25);1-3,6-7,10-12,21H,4-5,8-9H2. The zero-order valence-corrected chi connectivity index (χ0v) is 59.3. The van der Waals surface area contributed by atoms with Crippen molar-refractivity contribution in [3.63, 3.8) is 0 Å². The van der Waals surface area contributed by atoms with Crippen LogP contribution in [0.15, 0.2) is 148 Å². The number of amides is 4. The number of pyridine rings is 4. The van der Waals surface area contributed by atoms with Gasteiger partial charge in [0.2, 0.25) is 0 Å². The average molecular weight is 1440 g/mol. The van der Waals surface area contributed by atoms with Gasteiger partial charge in [-0.3, -0.25) is 38.4 Å². The Hall–Kier alpha value is -10.1. The molecule has 26 heteroatoms. The number of ether oxygens (including phenoxy) is 2. The number of halogens is 1. The molecule has 0 radical (unpaired) electrons. The Kier molecular flexibility index (Phi) is 20.6. The van der Waals surface area contributed by atoms with E-state index in [1.54, 1.807) is 94.6 Å². The van der Waals surface area contributed by atoms with E-state index in [1.807, 2.05) is 70.2 Å². The number of rotatable bonds is 14. The van der Waals surface area contributed by atoms with Crippen molar-refractivity contribution in [2.24, 2.45) is 14.1 Å². The van der Waals surface area contributed by atoms with E-state index >= 15 is 0 Å². The van der Waals surface area contributed by atoms with Gasteiger partial charge in [-0.2, -0.15) is 0 Å². The number of morpholine rings is 2. The van der Waals surface area contributed by atoms with Crippen LogP contribution in [0.25, 0.3) is 11.1 Å². The highest BCUT2D eigenvalue weighted by Gasteiger charge is 2.52. The Morgan fingerprint density at radius 1 is 0.559 bits per heavy atom. The Morgan fingerprint density at radius 3 is 1.48 bits per heavy atom. The number of carbonyl (C=O) groups excluding carboxylic acids is 6. The van der Waals surface area contributed by atoms with Crippen molar-refractivity contribution in [3.8, 4) is 11.1 Å². The molecule has 0 bridgehead atoms. The lowest BCUT2D eigenvalue weighted by atomic mass is 9.80. The maximum atomic E-state index is 13.8. The monoisotopic (exact) mass is 1440 g/mol. The zero-order chi connectivity index (χ0) is 71.6. The third kappa shape index (κ3) is 15.1. The summed E-state index contributed by atoms with van der Waals surface area (Å²) < 4.78 is 26.5. The molecule has 4 amide bonds. The number of fused-ring (bicyclic) bond motifs is 2. The van der Waals surface area contributed by atoms with Crippen molar-refractivity contribution in [1.29, 1.82) is 0 Å². The minimum Gasteiger partial charge on any atom is -0.399 e. The summed E-state index contributed by atoms with van der Waals surface area (Å²) in [7, 11) is 2.73. The third-order valence-corrected chi connectivity index (χ3v) is 20.4. The first kappa shape index (κ1) is 70.3. The molecule has 24 nitrogen and oxygen atoms in total. The molecule has 526 valence electrons. The second kappa shape index (κ2) is 29.8. The van der Waals surface area contributed by atoms with Gasteiger partial charge < -0.3 is 68.8 Å². The van der Waals surface area contributed by atoms with Crippen LogP contribution in [-0.4, -0.2) is 162 Å². The molecule has 3 saturated heterocycles.